The number of nitrogens with zero attached hydrogens (tertiary/aromatic N) is 1. The van der Waals surface area contributed by atoms with Crippen LogP contribution in [0.15, 0.2) is 217 Å². The van der Waals surface area contributed by atoms with Gasteiger partial charge in [-0.05, 0) is 86.6 Å². The predicted molar refractivity (Wildman–Crippen MR) is 246 cm³/mol. The van der Waals surface area contributed by atoms with E-state index in [0.29, 0.717) is 0 Å². The third-order valence-electron chi connectivity index (χ3n) is 12.9. The average Bonchev–Trinajstić information content (AvgIpc) is 3.85. The molecule has 0 saturated carbocycles. The van der Waals surface area contributed by atoms with E-state index in [-0.39, 0.29) is 0 Å². The summed E-state index contributed by atoms with van der Waals surface area (Å²) in [5.74, 6) is 1.77. The lowest BCUT2D eigenvalue weighted by atomic mass is 9.66. The molecule has 0 atom stereocenters. The lowest BCUT2D eigenvalue weighted by Gasteiger charge is -2.39. The molecule has 0 unspecified atom stereocenters. The van der Waals surface area contributed by atoms with E-state index in [1.807, 2.05) is 6.07 Å². The van der Waals surface area contributed by atoms with E-state index in [1.165, 1.54) is 38.6 Å². The second-order valence-electron chi connectivity index (χ2n) is 16.0. The highest BCUT2D eigenvalue weighted by Crippen LogP contribution is 2.62. The predicted octanol–water partition coefficient (Wildman–Crippen LogP) is 15.5. The molecule has 60 heavy (non-hydrogen) atoms. The third-order valence-corrected chi connectivity index (χ3v) is 12.9. The highest BCUT2D eigenvalue weighted by molar-refractivity contribution is 6.22. The van der Waals surface area contributed by atoms with Crippen LogP contribution < -0.4 is 9.64 Å². The second-order valence-corrected chi connectivity index (χ2v) is 16.0. The molecule has 0 N–H and O–H groups in total. The Kier molecular flexibility index (Phi) is 6.93. The summed E-state index contributed by atoms with van der Waals surface area (Å²) in [5, 5.41) is 6.78. The third kappa shape index (κ3) is 4.54. The first kappa shape index (κ1) is 33.1. The van der Waals surface area contributed by atoms with Gasteiger partial charge in [0.1, 0.15) is 22.7 Å². The Morgan fingerprint density at radius 3 is 1.78 bits per heavy atom. The summed E-state index contributed by atoms with van der Waals surface area (Å²) in [6, 6.07) is 76.5. The van der Waals surface area contributed by atoms with E-state index in [1.54, 1.807) is 0 Å². The average molecular weight is 766 g/mol. The fraction of sp³-hybridized carbons (Fsp3) is 0.0175. The van der Waals surface area contributed by atoms with E-state index in [0.717, 1.165) is 78.0 Å². The molecule has 13 rings (SSSR count). The van der Waals surface area contributed by atoms with Crippen molar-refractivity contribution in [3.05, 3.63) is 235 Å². The number of hydrogen-bond donors (Lipinski definition) is 0. The number of fused-ring (bicyclic) bond motifs is 15. The fourth-order valence-corrected chi connectivity index (χ4v) is 10.4. The van der Waals surface area contributed by atoms with Gasteiger partial charge in [0.25, 0.3) is 0 Å². The molecule has 280 valence electrons. The van der Waals surface area contributed by atoms with Gasteiger partial charge in [-0.3, -0.25) is 0 Å². The number of hydrogen-bond acceptors (Lipinski definition) is 3. The number of anilines is 3. The highest BCUT2D eigenvalue weighted by Gasteiger charge is 2.50. The highest BCUT2D eigenvalue weighted by atomic mass is 16.5. The Morgan fingerprint density at radius 1 is 0.383 bits per heavy atom. The van der Waals surface area contributed by atoms with Crippen LogP contribution >= 0.6 is 0 Å². The molecular formula is C57H35NO2. The quantitative estimate of drug-likeness (QED) is 0.178. The van der Waals surface area contributed by atoms with Crippen molar-refractivity contribution in [3.63, 3.8) is 0 Å². The maximum Gasteiger partial charge on any atom is 0.145 e. The van der Waals surface area contributed by atoms with Crippen LogP contribution in [0, 0.1) is 0 Å². The minimum Gasteiger partial charge on any atom is -0.457 e. The monoisotopic (exact) mass is 765 g/mol. The van der Waals surface area contributed by atoms with E-state index in [2.05, 4.69) is 211 Å². The number of para-hydroxylation sites is 2. The lowest BCUT2D eigenvalue weighted by molar-refractivity contribution is 0.436. The smallest absolute Gasteiger partial charge is 0.145 e. The number of furan rings is 1. The van der Waals surface area contributed by atoms with Gasteiger partial charge in [-0.2, -0.15) is 0 Å². The summed E-state index contributed by atoms with van der Waals surface area (Å²) in [6.45, 7) is 0. The summed E-state index contributed by atoms with van der Waals surface area (Å²) in [7, 11) is 0. The van der Waals surface area contributed by atoms with Gasteiger partial charge < -0.3 is 14.1 Å². The summed E-state index contributed by atoms with van der Waals surface area (Å²) in [4.78, 5) is 2.41. The molecule has 2 heterocycles. The molecule has 1 aromatic heterocycles. The van der Waals surface area contributed by atoms with Crippen LogP contribution in [0.5, 0.6) is 11.5 Å². The van der Waals surface area contributed by atoms with Crippen molar-refractivity contribution in [2.75, 3.05) is 4.90 Å². The molecule has 10 aromatic carbocycles. The maximum absolute atomic E-state index is 6.86. The molecule has 0 fully saturated rings. The zero-order valence-corrected chi connectivity index (χ0v) is 32.5. The van der Waals surface area contributed by atoms with Crippen molar-refractivity contribution < 1.29 is 9.15 Å². The van der Waals surface area contributed by atoms with E-state index in [4.69, 9.17) is 9.15 Å². The zero-order valence-electron chi connectivity index (χ0n) is 32.5. The molecule has 2 aliphatic rings. The largest absolute Gasteiger partial charge is 0.457 e. The molecule has 0 amide bonds. The lowest BCUT2D eigenvalue weighted by Crippen LogP contribution is -2.32. The van der Waals surface area contributed by atoms with Crippen LogP contribution in [-0.4, -0.2) is 0 Å². The van der Waals surface area contributed by atoms with Gasteiger partial charge >= 0.3 is 0 Å². The van der Waals surface area contributed by atoms with Gasteiger partial charge in [0.15, 0.2) is 0 Å². The topological polar surface area (TPSA) is 25.6 Å². The summed E-state index contributed by atoms with van der Waals surface area (Å²) >= 11 is 0. The minimum atomic E-state index is -0.485. The Hall–Kier alpha value is -7.88. The maximum atomic E-state index is 6.86. The van der Waals surface area contributed by atoms with E-state index >= 15 is 0 Å². The van der Waals surface area contributed by atoms with Gasteiger partial charge in [0, 0.05) is 33.0 Å². The molecule has 0 bridgehead atoms. The van der Waals surface area contributed by atoms with Crippen LogP contribution in [0.2, 0.25) is 0 Å². The van der Waals surface area contributed by atoms with Gasteiger partial charge in [-0.1, -0.05) is 170 Å². The molecule has 1 spiro atoms. The van der Waals surface area contributed by atoms with Crippen LogP contribution in [-0.2, 0) is 5.41 Å². The minimum absolute atomic E-state index is 0.485. The summed E-state index contributed by atoms with van der Waals surface area (Å²) in [6.07, 6.45) is 0. The summed E-state index contributed by atoms with van der Waals surface area (Å²) in [5.41, 5.74) is 14.2. The molecule has 1 aliphatic carbocycles. The van der Waals surface area contributed by atoms with E-state index in [9.17, 15) is 0 Å². The molecular weight excluding hydrogens is 731 g/mol. The van der Waals surface area contributed by atoms with Crippen molar-refractivity contribution >= 4 is 60.5 Å². The van der Waals surface area contributed by atoms with Crippen LogP contribution in [0.3, 0.4) is 0 Å². The Morgan fingerprint density at radius 2 is 0.983 bits per heavy atom. The number of ether oxygens (including phenoxy) is 1. The summed E-state index contributed by atoms with van der Waals surface area (Å²) < 4.78 is 13.6. The van der Waals surface area contributed by atoms with Gasteiger partial charge in [-0.25, -0.2) is 0 Å². The van der Waals surface area contributed by atoms with E-state index < -0.39 is 5.41 Å². The first-order valence-corrected chi connectivity index (χ1v) is 20.6. The molecule has 0 radical (unpaired) electrons. The Labute approximate surface area is 347 Å². The molecule has 3 heteroatoms. The van der Waals surface area contributed by atoms with Crippen molar-refractivity contribution in [2.24, 2.45) is 0 Å². The van der Waals surface area contributed by atoms with Crippen LogP contribution in [0.4, 0.5) is 17.1 Å². The standard InChI is InChI=1S/C57H35NO2/c1-3-17-41-37(14-1)16-13-25-50(41)58(51-34-39-15-2-4-18-42(39)56-55(51)45-21-7-11-26-52(45)60-56)40-31-28-36(29-32-40)38-30-33-49-54(35-38)59-53-27-12-10-24-48(53)57(49)46-22-8-5-19-43(46)44-20-6-9-23-47(44)57/h1-35H. The fourth-order valence-electron chi connectivity index (χ4n) is 10.4. The van der Waals surface area contributed by atoms with Gasteiger partial charge in [0.05, 0.1) is 22.2 Å². The van der Waals surface area contributed by atoms with Crippen molar-refractivity contribution in [2.45, 2.75) is 5.41 Å². The Bertz CT molecular complexity index is 3490. The molecule has 3 nitrogen and oxygen atoms in total. The Balaban J connectivity index is 0.994. The van der Waals surface area contributed by atoms with Crippen molar-refractivity contribution in [1.29, 1.82) is 0 Å². The molecule has 1 aliphatic heterocycles. The van der Waals surface area contributed by atoms with Crippen molar-refractivity contribution in [1.82, 2.24) is 0 Å². The molecule has 0 saturated heterocycles. The number of benzene rings is 10. The van der Waals surface area contributed by atoms with Gasteiger partial charge in [0.2, 0.25) is 0 Å². The first-order valence-electron chi connectivity index (χ1n) is 20.6. The SMILES string of the molecule is c1ccc2c(c1)Oc1cc(-c3ccc(N(c4cccc5ccccc45)c4cc5ccccc5c5oc6ccccc6c45)cc3)ccc1C21c2ccccc2-c2ccccc21. The normalized spacial score (nSPS) is 13.3. The second kappa shape index (κ2) is 12.6. The molecule has 11 aromatic rings. The van der Waals surface area contributed by atoms with Crippen LogP contribution in [0.1, 0.15) is 22.3 Å². The zero-order chi connectivity index (χ0) is 39.4. The van der Waals surface area contributed by atoms with Gasteiger partial charge in [-0.15, -0.1) is 0 Å². The van der Waals surface area contributed by atoms with Crippen molar-refractivity contribution in [3.8, 4) is 33.8 Å². The number of rotatable bonds is 4. The van der Waals surface area contributed by atoms with Crippen LogP contribution in [0.25, 0.3) is 65.7 Å². The first-order chi connectivity index (χ1) is 29.8.